The summed E-state index contributed by atoms with van der Waals surface area (Å²) >= 11 is 0. The highest BCUT2D eigenvalue weighted by Gasteiger charge is 2.37. The molecule has 0 aliphatic heterocycles. The molecule has 0 aromatic heterocycles. The van der Waals surface area contributed by atoms with Gasteiger partial charge in [0.25, 0.3) is 0 Å². The zero-order chi connectivity index (χ0) is 12.5. The first-order valence-corrected chi connectivity index (χ1v) is 4.71. The van der Waals surface area contributed by atoms with Crippen molar-refractivity contribution in [3.8, 4) is 0 Å². The van der Waals surface area contributed by atoms with Gasteiger partial charge >= 0.3 is 5.97 Å². The van der Waals surface area contributed by atoms with E-state index >= 15 is 0 Å². The van der Waals surface area contributed by atoms with Crippen molar-refractivity contribution < 1.29 is 18.7 Å². The molecule has 1 unspecified atom stereocenters. The SMILES string of the molecule is CC(C)(c1c(F)cccc1F)C(N)C(=O)O. The van der Waals surface area contributed by atoms with Crippen LogP contribution in [0.2, 0.25) is 0 Å². The van der Waals surface area contributed by atoms with Gasteiger partial charge < -0.3 is 10.8 Å². The van der Waals surface area contributed by atoms with Crippen molar-refractivity contribution in [1.82, 2.24) is 0 Å². The van der Waals surface area contributed by atoms with Gasteiger partial charge in [0.2, 0.25) is 0 Å². The third-order valence-corrected chi connectivity index (χ3v) is 2.65. The molecule has 0 aliphatic carbocycles. The van der Waals surface area contributed by atoms with Crippen molar-refractivity contribution in [3.63, 3.8) is 0 Å². The summed E-state index contributed by atoms with van der Waals surface area (Å²) in [5, 5.41) is 8.79. The zero-order valence-electron chi connectivity index (χ0n) is 9.00. The quantitative estimate of drug-likeness (QED) is 0.828. The summed E-state index contributed by atoms with van der Waals surface area (Å²) in [5.41, 5.74) is 3.81. The summed E-state index contributed by atoms with van der Waals surface area (Å²) < 4.78 is 27.0. The third-order valence-electron chi connectivity index (χ3n) is 2.65. The normalized spacial score (nSPS) is 13.6. The monoisotopic (exact) mass is 229 g/mol. The van der Waals surface area contributed by atoms with Gasteiger partial charge in [0.1, 0.15) is 17.7 Å². The van der Waals surface area contributed by atoms with Crippen LogP contribution in [0, 0.1) is 11.6 Å². The van der Waals surface area contributed by atoms with E-state index in [0.29, 0.717) is 0 Å². The molecule has 1 aromatic carbocycles. The predicted molar refractivity (Wildman–Crippen MR) is 55.0 cm³/mol. The van der Waals surface area contributed by atoms with Gasteiger partial charge in [-0.1, -0.05) is 19.9 Å². The number of carboxylic acids is 1. The van der Waals surface area contributed by atoms with E-state index in [1.165, 1.54) is 19.9 Å². The fourth-order valence-corrected chi connectivity index (χ4v) is 1.58. The molecule has 0 heterocycles. The van der Waals surface area contributed by atoms with Crippen molar-refractivity contribution >= 4 is 5.97 Å². The number of nitrogens with two attached hydrogens (primary N) is 1. The molecule has 0 radical (unpaired) electrons. The molecule has 1 rings (SSSR count). The lowest BCUT2D eigenvalue weighted by molar-refractivity contribution is -0.140. The van der Waals surface area contributed by atoms with Crippen LogP contribution in [0.1, 0.15) is 19.4 Å². The fraction of sp³-hybridized carbons (Fsp3) is 0.364. The minimum absolute atomic E-state index is 0.301. The summed E-state index contributed by atoms with van der Waals surface area (Å²) in [7, 11) is 0. The van der Waals surface area contributed by atoms with Gasteiger partial charge in [-0.05, 0) is 12.1 Å². The average molecular weight is 229 g/mol. The summed E-state index contributed by atoms with van der Waals surface area (Å²) in [6.45, 7) is 2.79. The zero-order valence-corrected chi connectivity index (χ0v) is 9.00. The predicted octanol–water partition coefficient (Wildman–Crippen LogP) is 1.65. The minimum Gasteiger partial charge on any atom is -0.480 e. The molecule has 0 amide bonds. The molecule has 1 atom stereocenters. The molecular formula is C11H13F2NO2. The topological polar surface area (TPSA) is 63.3 Å². The lowest BCUT2D eigenvalue weighted by atomic mass is 9.77. The maximum Gasteiger partial charge on any atom is 0.321 e. The maximum atomic E-state index is 13.5. The molecule has 0 aliphatic rings. The number of carboxylic acid groups (broad SMARTS) is 1. The second-order valence-electron chi connectivity index (χ2n) is 4.13. The first kappa shape index (κ1) is 12.6. The van der Waals surface area contributed by atoms with Crippen LogP contribution in [0.25, 0.3) is 0 Å². The lowest BCUT2D eigenvalue weighted by Gasteiger charge is -2.29. The molecule has 3 nitrogen and oxygen atoms in total. The highest BCUT2D eigenvalue weighted by Crippen LogP contribution is 2.30. The van der Waals surface area contributed by atoms with Crippen LogP contribution in [-0.2, 0) is 10.2 Å². The molecule has 5 heteroatoms. The fourth-order valence-electron chi connectivity index (χ4n) is 1.58. The number of benzene rings is 1. The number of halogens is 2. The van der Waals surface area contributed by atoms with Gasteiger partial charge in [-0.15, -0.1) is 0 Å². The van der Waals surface area contributed by atoms with Crippen LogP contribution in [0.3, 0.4) is 0 Å². The summed E-state index contributed by atoms with van der Waals surface area (Å²) in [5.74, 6) is -2.88. The molecule has 0 spiro atoms. The van der Waals surface area contributed by atoms with E-state index < -0.39 is 29.1 Å². The largest absolute Gasteiger partial charge is 0.480 e. The molecule has 3 N–H and O–H groups in total. The van der Waals surface area contributed by atoms with E-state index in [2.05, 4.69) is 0 Å². The first-order valence-electron chi connectivity index (χ1n) is 4.71. The molecular weight excluding hydrogens is 216 g/mol. The summed E-state index contributed by atoms with van der Waals surface area (Å²) in [6.07, 6.45) is 0. The van der Waals surface area contributed by atoms with Crippen molar-refractivity contribution in [2.75, 3.05) is 0 Å². The van der Waals surface area contributed by atoms with E-state index in [4.69, 9.17) is 10.8 Å². The Bertz CT molecular complexity index is 398. The van der Waals surface area contributed by atoms with E-state index in [1.807, 2.05) is 0 Å². The van der Waals surface area contributed by atoms with Crippen LogP contribution < -0.4 is 5.73 Å². The van der Waals surface area contributed by atoms with Crippen molar-refractivity contribution in [1.29, 1.82) is 0 Å². The Morgan fingerprint density at radius 1 is 1.38 bits per heavy atom. The highest BCUT2D eigenvalue weighted by atomic mass is 19.1. The Balaban J connectivity index is 3.31. The number of aliphatic carboxylic acids is 1. The van der Waals surface area contributed by atoms with Gasteiger partial charge in [-0.3, -0.25) is 4.79 Å². The summed E-state index contributed by atoms with van der Waals surface area (Å²) in [6, 6.07) is 2.00. The molecule has 0 bridgehead atoms. The maximum absolute atomic E-state index is 13.5. The molecule has 0 saturated heterocycles. The van der Waals surface area contributed by atoms with Gasteiger partial charge in [0.05, 0.1) is 0 Å². The van der Waals surface area contributed by atoms with E-state index in [1.54, 1.807) is 0 Å². The van der Waals surface area contributed by atoms with Gasteiger partial charge in [0.15, 0.2) is 0 Å². The van der Waals surface area contributed by atoms with Crippen LogP contribution >= 0.6 is 0 Å². The number of hydrogen-bond donors (Lipinski definition) is 2. The second kappa shape index (κ2) is 4.17. The standard InChI is InChI=1S/C11H13F2NO2/c1-11(2,9(14)10(15)16)8-6(12)4-3-5-7(8)13/h3-5,9H,14H2,1-2H3,(H,15,16). The summed E-state index contributed by atoms with van der Waals surface area (Å²) in [4.78, 5) is 10.8. The van der Waals surface area contributed by atoms with Gasteiger partial charge in [0, 0.05) is 11.0 Å². The van der Waals surface area contributed by atoms with Crippen molar-refractivity contribution in [2.24, 2.45) is 5.73 Å². The lowest BCUT2D eigenvalue weighted by Crippen LogP contribution is -2.47. The Morgan fingerprint density at radius 2 is 1.81 bits per heavy atom. The van der Waals surface area contributed by atoms with Crippen LogP contribution in [0.4, 0.5) is 8.78 Å². The molecule has 0 saturated carbocycles. The van der Waals surface area contributed by atoms with E-state index in [9.17, 15) is 13.6 Å². The molecule has 16 heavy (non-hydrogen) atoms. The highest BCUT2D eigenvalue weighted by molar-refractivity contribution is 5.75. The van der Waals surface area contributed by atoms with E-state index in [0.717, 1.165) is 12.1 Å². The van der Waals surface area contributed by atoms with Crippen LogP contribution in [0.5, 0.6) is 0 Å². The minimum atomic E-state index is -1.38. The van der Waals surface area contributed by atoms with Crippen LogP contribution in [0.15, 0.2) is 18.2 Å². The molecule has 0 fully saturated rings. The molecule has 1 aromatic rings. The number of rotatable bonds is 3. The van der Waals surface area contributed by atoms with Gasteiger partial charge in [-0.2, -0.15) is 0 Å². The Morgan fingerprint density at radius 3 is 2.19 bits per heavy atom. The Labute approximate surface area is 91.9 Å². The second-order valence-corrected chi connectivity index (χ2v) is 4.13. The average Bonchev–Trinajstić information content (AvgIpc) is 2.15. The van der Waals surface area contributed by atoms with E-state index in [-0.39, 0.29) is 5.56 Å². The van der Waals surface area contributed by atoms with Crippen molar-refractivity contribution in [2.45, 2.75) is 25.3 Å². The number of hydrogen-bond acceptors (Lipinski definition) is 2. The Kier molecular flexibility index (Phi) is 3.28. The first-order chi connectivity index (χ1) is 7.28. The van der Waals surface area contributed by atoms with Crippen LogP contribution in [-0.4, -0.2) is 17.1 Å². The third kappa shape index (κ3) is 2.04. The van der Waals surface area contributed by atoms with Crippen molar-refractivity contribution in [3.05, 3.63) is 35.4 Å². The molecule has 88 valence electrons. The smallest absolute Gasteiger partial charge is 0.321 e. The number of carbonyl (C=O) groups is 1. The Hall–Kier alpha value is -1.49. The van der Waals surface area contributed by atoms with Gasteiger partial charge in [-0.25, -0.2) is 8.78 Å².